The first-order valence-electron chi connectivity index (χ1n) is 9.66. The highest BCUT2D eigenvalue weighted by Gasteiger charge is 2.28. The van der Waals surface area contributed by atoms with E-state index in [1.807, 2.05) is 25.1 Å². The van der Waals surface area contributed by atoms with Gasteiger partial charge in [-0.15, -0.1) is 0 Å². The van der Waals surface area contributed by atoms with Gasteiger partial charge in [-0.1, -0.05) is 54.4 Å². The van der Waals surface area contributed by atoms with Gasteiger partial charge in [0.1, 0.15) is 4.90 Å². The fourth-order valence-corrected chi connectivity index (χ4v) is 4.65. The van der Waals surface area contributed by atoms with Crippen LogP contribution in [0.5, 0.6) is 5.88 Å². The molecule has 0 bridgehead atoms. The van der Waals surface area contributed by atoms with Crippen LogP contribution < -0.4 is 9.92 Å². The summed E-state index contributed by atoms with van der Waals surface area (Å²) in [6, 6.07) is 16.6. The number of benzene rings is 2. The fraction of sp³-hybridized carbons (Fsp3) is 0.273. The summed E-state index contributed by atoms with van der Waals surface area (Å²) in [7, 11) is -4.02. The van der Waals surface area contributed by atoms with Gasteiger partial charge in [0, 0.05) is 11.5 Å². The highest BCUT2D eigenvalue weighted by atomic mass is 32.2. The van der Waals surface area contributed by atoms with Crippen molar-refractivity contribution in [3.63, 3.8) is 0 Å². The molecule has 4 rings (SSSR count). The Morgan fingerprint density at radius 2 is 1.72 bits per heavy atom. The van der Waals surface area contributed by atoms with Crippen LogP contribution in [0.4, 0.5) is 5.95 Å². The maximum Gasteiger partial charge on any atom is 0.340 e. The van der Waals surface area contributed by atoms with Gasteiger partial charge in [-0.25, -0.2) is 4.98 Å². The first-order chi connectivity index (χ1) is 13.9. The van der Waals surface area contributed by atoms with Crippen molar-refractivity contribution >= 4 is 16.1 Å². The van der Waals surface area contributed by atoms with E-state index in [9.17, 15) is 8.42 Å². The Morgan fingerprint density at radius 3 is 2.45 bits per heavy atom. The normalized spacial score (nSPS) is 16.7. The van der Waals surface area contributed by atoms with E-state index in [1.165, 1.54) is 12.1 Å². The zero-order valence-corrected chi connectivity index (χ0v) is 17.0. The topological polar surface area (TPSA) is 95.2 Å². The van der Waals surface area contributed by atoms with E-state index in [2.05, 4.69) is 22.1 Å². The Morgan fingerprint density at radius 1 is 1.00 bits per heavy atom. The molecular weight excluding hydrogens is 386 g/mol. The van der Waals surface area contributed by atoms with Crippen LogP contribution in [0.15, 0.2) is 59.5 Å². The van der Waals surface area contributed by atoms with Gasteiger partial charge < -0.3 is 9.92 Å². The standard InChI is InChI=1S/C22H23N3O3S/c1-15-11-13-17(14-12-15)29(26,27)28-21-19-10-6-5-9-18(16-7-3-2-4-8-16)20(19)24-22(23)25-21/h2-4,7-8,11-14,18H,5-6,9-10H2,1H3,(H2,23,24,25). The molecule has 1 aromatic heterocycles. The molecule has 2 N–H and O–H groups in total. The smallest absolute Gasteiger partial charge is 0.340 e. The summed E-state index contributed by atoms with van der Waals surface area (Å²) in [5.74, 6) is 0.0834. The molecule has 0 saturated heterocycles. The van der Waals surface area contributed by atoms with E-state index in [4.69, 9.17) is 9.92 Å². The molecule has 3 aromatic rings. The first kappa shape index (κ1) is 19.4. The van der Waals surface area contributed by atoms with E-state index in [0.717, 1.165) is 41.6 Å². The van der Waals surface area contributed by atoms with Crippen molar-refractivity contribution in [1.82, 2.24) is 9.97 Å². The monoisotopic (exact) mass is 409 g/mol. The molecule has 1 aliphatic rings. The summed E-state index contributed by atoms with van der Waals surface area (Å²) in [5.41, 5.74) is 9.53. The van der Waals surface area contributed by atoms with Gasteiger partial charge in [-0.3, -0.25) is 0 Å². The van der Waals surface area contributed by atoms with Crippen LogP contribution in [0.25, 0.3) is 0 Å². The Labute approximate surface area is 170 Å². The van der Waals surface area contributed by atoms with Crippen LogP contribution in [-0.4, -0.2) is 18.4 Å². The molecule has 1 unspecified atom stereocenters. The Kier molecular flexibility index (Phi) is 5.24. The van der Waals surface area contributed by atoms with Crippen molar-refractivity contribution in [3.8, 4) is 5.88 Å². The van der Waals surface area contributed by atoms with Crippen LogP contribution in [0.3, 0.4) is 0 Å². The lowest BCUT2D eigenvalue weighted by atomic mass is 9.90. The van der Waals surface area contributed by atoms with E-state index < -0.39 is 10.1 Å². The average molecular weight is 410 g/mol. The lowest BCUT2D eigenvalue weighted by Gasteiger charge is -2.19. The second-order valence-corrected chi connectivity index (χ2v) is 8.86. The highest BCUT2D eigenvalue weighted by molar-refractivity contribution is 7.87. The second-order valence-electron chi connectivity index (χ2n) is 7.31. The van der Waals surface area contributed by atoms with Crippen molar-refractivity contribution < 1.29 is 12.6 Å². The molecule has 0 saturated carbocycles. The van der Waals surface area contributed by atoms with Crippen molar-refractivity contribution in [2.45, 2.75) is 43.4 Å². The zero-order chi connectivity index (χ0) is 20.4. The predicted molar refractivity (Wildman–Crippen MR) is 111 cm³/mol. The lowest BCUT2D eigenvalue weighted by Crippen LogP contribution is -2.16. The SMILES string of the molecule is Cc1ccc(S(=O)(=O)Oc2nc(N)nc3c2CCCCC3c2ccccc2)cc1. The van der Waals surface area contributed by atoms with E-state index >= 15 is 0 Å². The third-order valence-corrected chi connectivity index (χ3v) is 6.45. The quantitative estimate of drug-likeness (QED) is 0.517. The number of rotatable bonds is 4. The summed E-state index contributed by atoms with van der Waals surface area (Å²) in [6.07, 6.45) is 3.47. The van der Waals surface area contributed by atoms with Crippen molar-refractivity contribution in [1.29, 1.82) is 0 Å². The Balaban J connectivity index is 1.78. The van der Waals surface area contributed by atoms with Crippen LogP contribution in [0.1, 0.15) is 47.6 Å². The molecule has 0 spiro atoms. The lowest BCUT2D eigenvalue weighted by molar-refractivity contribution is 0.470. The minimum absolute atomic E-state index is 0.0145. The summed E-state index contributed by atoms with van der Waals surface area (Å²) in [6.45, 7) is 1.89. The molecule has 1 heterocycles. The van der Waals surface area contributed by atoms with Gasteiger partial charge in [0.2, 0.25) is 11.8 Å². The van der Waals surface area contributed by atoms with E-state index in [1.54, 1.807) is 12.1 Å². The number of nitrogens with two attached hydrogens (primary N) is 1. The molecule has 7 heteroatoms. The zero-order valence-electron chi connectivity index (χ0n) is 16.2. The number of nitrogen functional groups attached to an aromatic ring is 1. The number of nitrogens with zero attached hydrogens (tertiary/aromatic N) is 2. The van der Waals surface area contributed by atoms with Gasteiger partial charge in [0.05, 0.1) is 5.69 Å². The molecule has 1 aliphatic carbocycles. The van der Waals surface area contributed by atoms with E-state index in [0.29, 0.717) is 6.42 Å². The van der Waals surface area contributed by atoms with Crippen LogP contribution in [-0.2, 0) is 16.5 Å². The molecule has 150 valence electrons. The molecule has 2 aromatic carbocycles. The molecule has 1 atom stereocenters. The molecule has 0 radical (unpaired) electrons. The summed E-state index contributed by atoms with van der Waals surface area (Å²) in [4.78, 5) is 8.73. The molecule has 0 amide bonds. The fourth-order valence-electron chi connectivity index (χ4n) is 3.74. The predicted octanol–water partition coefficient (Wildman–Crippen LogP) is 3.99. The minimum Gasteiger partial charge on any atom is -0.368 e. The van der Waals surface area contributed by atoms with Gasteiger partial charge in [-0.05, 0) is 43.9 Å². The van der Waals surface area contributed by atoms with Crippen LogP contribution in [0.2, 0.25) is 0 Å². The summed E-state index contributed by atoms with van der Waals surface area (Å²) >= 11 is 0. The third kappa shape index (κ3) is 4.10. The van der Waals surface area contributed by atoms with Gasteiger partial charge >= 0.3 is 10.1 Å². The Bertz CT molecular complexity index is 1110. The van der Waals surface area contributed by atoms with Gasteiger partial charge in [0.15, 0.2) is 0 Å². The minimum atomic E-state index is -4.02. The third-order valence-electron chi connectivity index (χ3n) is 5.22. The molecular formula is C22H23N3O3S. The van der Waals surface area contributed by atoms with Crippen LogP contribution in [0, 0.1) is 6.92 Å². The number of hydrogen-bond acceptors (Lipinski definition) is 6. The number of anilines is 1. The average Bonchev–Trinajstić information content (AvgIpc) is 2.91. The van der Waals surface area contributed by atoms with Crippen LogP contribution >= 0.6 is 0 Å². The van der Waals surface area contributed by atoms with Gasteiger partial charge in [-0.2, -0.15) is 13.4 Å². The number of hydrogen-bond donors (Lipinski definition) is 1. The second kappa shape index (κ2) is 7.83. The molecule has 6 nitrogen and oxygen atoms in total. The van der Waals surface area contributed by atoms with Crippen molar-refractivity contribution in [3.05, 3.63) is 77.0 Å². The van der Waals surface area contributed by atoms with Crippen molar-refractivity contribution in [2.24, 2.45) is 0 Å². The van der Waals surface area contributed by atoms with E-state index in [-0.39, 0.29) is 22.6 Å². The Hall–Kier alpha value is -2.93. The number of aryl methyl sites for hydroxylation is 1. The number of aromatic nitrogens is 2. The summed E-state index contributed by atoms with van der Waals surface area (Å²) < 4.78 is 31.1. The largest absolute Gasteiger partial charge is 0.368 e. The van der Waals surface area contributed by atoms with Crippen molar-refractivity contribution in [2.75, 3.05) is 5.73 Å². The molecule has 29 heavy (non-hydrogen) atoms. The van der Waals surface area contributed by atoms with Gasteiger partial charge in [0.25, 0.3) is 0 Å². The summed E-state index contributed by atoms with van der Waals surface area (Å²) in [5, 5.41) is 0. The number of fused-ring (bicyclic) bond motifs is 1. The maximum absolute atomic E-state index is 12.8. The first-order valence-corrected chi connectivity index (χ1v) is 11.1. The molecule has 0 fully saturated rings. The maximum atomic E-state index is 12.8. The highest BCUT2D eigenvalue weighted by Crippen LogP contribution is 2.38. The molecule has 0 aliphatic heterocycles.